The molecule has 4 aromatic carbocycles. The third kappa shape index (κ3) is 9.18. The van der Waals surface area contributed by atoms with Crippen LogP contribution < -0.4 is 22.2 Å². The fourth-order valence-corrected chi connectivity index (χ4v) is 6.93. The van der Waals surface area contributed by atoms with E-state index < -0.39 is 44.5 Å². The van der Waals surface area contributed by atoms with Crippen LogP contribution in [0.1, 0.15) is 11.1 Å². The van der Waals surface area contributed by atoms with Gasteiger partial charge in [-0.1, -0.05) is 0 Å². The van der Waals surface area contributed by atoms with Gasteiger partial charge in [-0.15, -0.1) is 0 Å². The second kappa shape index (κ2) is 17.9. The molecule has 1 amide bonds. The number of nitrogens with zero attached hydrogens (tertiary/aromatic N) is 8. The molecular formula is C42H25ClF6N10O8. The van der Waals surface area contributed by atoms with E-state index in [0.717, 1.165) is 15.5 Å². The van der Waals surface area contributed by atoms with Crippen molar-refractivity contribution >= 4 is 89.4 Å². The fourth-order valence-electron chi connectivity index (χ4n) is 6.93. The van der Waals surface area contributed by atoms with E-state index in [4.69, 9.17) is 10.5 Å². The Kier molecular flexibility index (Phi) is 12.6. The number of carbonyl (C=O) groups excluding carboxylic acids is 2. The van der Waals surface area contributed by atoms with Gasteiger partial charge < -0.3 is 20.2 Å². The van der Waals surface area contributed by atoms with Gasteiger partial charge in [0, 0.05) is 71.9 Å². The molecule has 0 aliphatic rings. The molecule has 0 fully saturated rings. The molecule has 0 atom stereocenters. The van der Waals surface area contributed by atoms with E-state index in [1.54, 1.807) is 35.1 Å². The van der Waals surface area contributed by atoms with Gasteiger partial charge in [0.25, 0.3) is 22.5 Å². The van der Waals surface area contributed by atoms with Crippen LogP contribution >= 0.6 is 11.6 Å². The summed E-state index contributed by atoms with van der Waals surface area (Å²) in [6.45, 7) is 0. The fraction of sp³-hybridized carbons (Fsp3) is 0.0952. The highest BCUT2D eigenvalue weighted by Gasteiger charge is 2.39. The maximum absolute atomic E-state index is 13.1. The highest BCUT2D eigenvalue weighted by molar-refractivity contribution is 6.64. The Balaban J connectivity index is 0.000000196. The van der Waals surface area contributed by atoms with Crippen molar-refractivity contribution in [1.82, 2.24) is 18.3 Å². The number of carbonyl (C=O) groups is 2. The average molecular weight is 947 g/mol. The number of benzene rings is 4. The Labute approximate surface area is 373 Å². The standard InChI is InChI=1S/C21H12F3N5O4.C19H13N5O3.C2ClF3O/c1-27-16-7-2-12(26-20(31)21(22,23)24)9-15(16)18-17(27)8-11(10-25)19(30)28(18)13-3-5-14(6-4-13)29(32)33;1-22-16-7-2-12(21)9-15(16)18-17(22)8-11(10-20)19(25)23(18)13-3-5-14(6-4-13)24(26)27;3-1(7)2(4,5)6/h2-9H,1H3,(H,26,31);2-9H,21H2,1H3;. The topological polar surface area (TPSA) is 260 Å². The Hall–Kier alpha value is -9.03. The SMILES string of the molecule is Cn1c2ccc(N)cc2c2c1cc(C#N)c(=O)n2-c1ccc([N+](=O)[O-])cc1.Cn1c2ccc(NC(=O)C(F)(F)F)cc2c2c1cc(C#N)c(=O)n2-c1ccc([N+](=O)[O-])cc1.O=C(Cl)C(F)(F)F. The van der Waals surface area contributed by atoms with Gasteiger partial charge in [0.1, 0.15) is 23.3 Å². The molecule has 0 bridgehead atoms. The average Bonchev–Trinajstić information content (AvgIpc) is 3.70. The van der Waals surface area contributed by atoms with Gasteiger partial charge in [0.2, 0.25) is 0 Å². The molecule has 0 aliphatic heterocycles. The molecule has 25 heteroatoms. The molecule has 340 valence electrons. The number of alkyl halides is 6. The summed E-state index contributed by atoms with van der Waals surface area (Å²) in [6, 6.07) is 26.7. The summed E-state index contributed by atoms with van der Waals surface area (Å²) in [4.78, 5) is 67.2. The number of nitrogen functional groups attached to an aromatic ring is 1. The summed E-state index contributed by atoms with van der Waals surface area (Å²) in [6.07, 6.45) is -9.96. The predicted molar refractivity (Wildman–Crippen MR) is 231 cm³/mol. The number of hydrogen-bond acceptors (Lipinski definition) is 11. The lowest BCUT2D eigenvalue weighted by Crippen LogP contribution is -2.29. The Bertz CT molecular complexity index is 3580. The molecule has 0 radical (unpaired) electrons. The Morgan fingerprint density at radius 2 is 1.03 bits per heavy atom. The first-order chi connectivity index (χ1) is 31.4. The lowest BCUT2D eigenvalue weighted by molar-refractivity contribution is -0.385. The van der Waals surface area contributed by atoms with Gasteiger partial charge in [0.05, 0.1) is 42.9 Å². The number of nitrogens with one attached hydrogen (secondary N) is 1. The van der Waals surface area contributed by atoms with E-state index >= 15 is 0 Å². The monoisotopic (exact) mass is 946 g/mol. The highest BCUT2D eigenvalue weighted by Crippen LogP contribution is 2.34. The summed E-state index contributed by atoms with van der Waals surface area (Å²) >= 11 is 3.99. The quantitative estimate of drug-likeness (QED) is 0.0550. The molecule has 8 rings (SSSR count). The molecule has 3 N–H and O–H groups in total. The van der Waals surface area contributed by atoms with Crippen LogP contribution in [0.5, 0.6) is 0 Å². The van der Waals surface area contributed by atoms with Crippen LogP contribution in [0.2, 0.25) is 0 Å². The van der Waals surface area contributed by atoms with E-state index in [9.17, 15) is 71.5 Å². The van der Waals surface area contributed by atoms with Crippen molar-refractivity contribution in [3.63, 3.8) is 0 Å². The number of nitro groups is 2. The molecule has 67 heavy (non-hydrogen) atoms. The number of hydrogen-bond donors (Lipinski definition) is 2. The van der Waals surface area contributed by atoms with Crippen molar-refractivity contribution in [2.75, 3.05) is 11.1 Å². The van der Waals surface area contributed by atoms with Gasteiger partial charge >= 0.3 is 23.5 Å². The van der Waals surface area contributed by atoms with Crippen LogP contribution in [0.15, 0.2) is 107 Å². The molecule has 4 aromatic heterocycles. The molecule has 0 saturated carbocycles. The van der Waals surface area contributed by atoms with Crippen molar-refractivity contribution in [2.24, 2.45) is 14.1 Å². The summed E-state index contributed by atoms with van der Waals surface area (Å²) in [5.41, 5.74) is 8.59. The van der Waals surface area contributed by atoms with Crippen molar-refractivity contribution in [2.45, 2.75) is 12.4 Å². The Morgan fingerprint density at radius 1 is 0.642 bits per heavy atom. The Morgan fingerprint density at radius 3 is 1.39 bits per heavy atom. The number of nitro benzene ring substituents is 2. The minimum Gasteiger partial charge on any atom is -0.399 e. The van der Waals surface area contributed by atoms with E-state index in [1.165, 1.54) is 77.4 Å². The van der Waals surface area contributed by atoms with Gasteiger partial charge in [-0.3, -0.25) is 48.5 Å². The third-order valence-corrected chi connectivity index (χ3v) is 10.2. The number of aryl methyl sites for hydroxylation is 2. The molecule has 0 spiro atoms. The van der Waals surface area contributed by atoms with E-state index in [1.807, 2.05) is 29.8 Å². The second-order valence-electron chi connectivity index (χ2n) is 14.0. The smallest absolute Gasteiger partial charge is 0.399 e. The predicted octanol–water partition coefficient (Wildman–Crippen LogP) is 7.92. The van der Waals surface area contributed by atoms with E-state index in [0.29, 0.717) is 38.8 Å². The van der Waals surface area contributed by atoms with Crippen LogP contribution in [0.25, 0.3) is 55.2 Å². The number of aromatic nitrogens is 4. The second-order valence-corrected chi connectivity index (χ2v) is 14.3. The largest absolute Gasteiger partial charge is 0.471 e. The van der Waals surface area contributed by atoms with Crippen LogP contribution in [0, 0.1) is 42.9 Å². The van der Waals surface area contributed by atoms with E-state index in [-0.39, 0.29) is 39.4 Å². The minimum atomic E-state index is -5.09. The lowest BCUT2D eigenvalue weighted by Gasteiger charge is -2.10. The lowest BCUT2D eigenvalue weighted by atomic mass is 10.1. The van der Waals surface area contributed by atoms with Crippen molar-refractivity contribution in [1.29, 1.82) is 10.5 Å². The number of anilines is 2. The maximum atomic E-state index is 13.1. The van der Waals surface area contributed by atoms with Gasteiger partial charge in [0.15, 0.2) is 0 Å². The zero-order valence-corrected chi connectivity index (χ0v) is 34.6. The van der Waals surface area contributed by atoms with Gasteiger partial charge in [-0.05, 0) is 84.4 Å². The van der Waals surface area contributed by atoms with Crippen LogP contribution in [0.4, 0.5) is 49.1 Å². The summed E-state index contributed by atoms with van der Waals surface area (Å²) < 4.78 is 76.2. The summed E-state index contributed by atoms with van der Waals surface area (Å²) in [5.74, 6) is -2.15. The van der Waals surface area contributed by atoms with Gasteiger partial charge in [-0.25, -0.2) is 0 Å². The number of rotatable bonds is 5. The molecule has 0 aliphatic carbocycles. The number of nitriles is 2. The first-order valence-electron chi connectivity index (χ1n) is 18.5. The van der Waals surface area contributed by atoms with Crippen LogP contribution in [0.3, 0.4) is 0 Å². The normalized spacial score (nSPS) is 11.3. The molecule has 4 heterocycles. The maximum Gasteiger partial charge on any atom is 0.471 e. The molecular weight excluding hydrogens is 922 g/mol. The highest BCUT2D eigenvalue weighted by atomic mass is 35.5. The van der Waals surface area contributed by atoms with Crippen molar-refractivity contribution in [3.8, 4) is 23.5 Å². The number of fused-ring (bicyclic) bond motifs is 6. The van der Waals surface area contributed by atoms with E-state index in [2.05, 4.69) is 11.6 Å². The summed E-state index contributed by atoms with van der Waals surface area (Å²) in [7, 11) is 3.48. The number of halogens is 7. The van der Waals surface area contributed by atoms with Crippen molar-refractivity contribution < 1.29 is 45.8 Å². The molecule has 18 nitrogen and oxygen atoms in total. The first kappa shape index (κ1) is 47.4. The van der Waals surface area contributed by atoms with Crippen LogP contribution in [-0.4, -0.2) is 51.6 Å². The van der Waals surface area contributed by atoms with Crippen molar-refractivity contribution in [3.05, 3.63) is 149 Å². The molecule has 8 aromatic rings. The van der Waals surface area contributed by atoms with Crippen LogP contribution in [-0.2, 0) is 23.7 Å². The first-order valence-corrected chi connectivity index (χ1v) is 18.8. The third-order valence-electron chi connectivity index (χ3n) is 9.95. The van der Waals surface area contributed by atoms with Gasteiger partial charge in [-0.2, -0.15) is 36.9 Å². The molecule has 0 saturated heterocycles. The number of nitrogens with two attached hydrogens (primary N) is 1. The minimum absolute atomic E-state index is 0.0141. The zero-order valence-electron chi connectivity index (χ0n) is 33.8. The molecule has 0 unspecified atom stereocenters. The number of pyridine rings is 2. The number of non-ortho nitro benzene ring substituents is 2. The number of amides is 1. The zero-order chi connectivity index (χ0) is 49.4. The summed E-state index contributed by atoms with van der Waals surface area (Å²) in [5, 5.41) is 41.3.